The highest BCUT2D eigenvalue weighted by atomic mass is 16.2. The van der Waals surface area contributed by atoms with Gasteiger partial charge >= 0.3 is 0 Å². The molecule has 7 heteroatoms. The third-order valence-electron chi connectivity index (χ3n) is 3.25. The maximum atomic E-state index is 12.3. The van der Waals surface area contributed by atoms with Crippen molar-refractivity contribution < 1.29 is 9.59 Å². The highest BCUT2D eigenvalue weighted by Crippen LogP contribution is 2.14. The number of carbonyl (C=O) groups excluding carboxylic acids is 2. The molecule has 0 aliphatic carbocycles. The summed E-state index contributed by atoms with van der Waals surface area (Å²) in [4.78, 5) is 31.6. The van der Waals surface area contributed by atoms with Crippen LogP contribution in [-0.4, -0.2) is 34.9 Å². The van der Waals surface area contributed by atoms with Crippen LogP contribution in [0, 0.1) is 6.92 Å². The molecule has 0 aliphatic heterocycles. The summed E-state index contributed by atoms with van der Waals surface area (Å²) in [7, 11) is 0. The lowest BCUT2D eigenvalue weighted by Crippen LogP contribution is -2.34. The van der Waals surface area contributed by atoms with Gasteiger partial charge in [0.2, 0.25) is 5.91 Å². The molecular formula is C17H21N5O2. The Morgan fingerprint density at radius 1 is 1.12 bits per heavy atom. The standard InChI is InChI=1S/C17H21N5O2/c1-12-5-6-15(17(24)20-9-8-19-13(2)23)16(22-12)21-11-14-4-3-7-18-10-14/h3-7,10H,8-9,11H2,1-2H3,(H,19,23)(H,20,24)(H,21,22). The number of carbonyl (C=O) groups is 2. The highest BCUT2D eigenvalue weighted by molar-refractivity contribution is 5.98. The summed E-state index contributed by atoms with van der Waals surface area (Å²) in [6.45, 7) is 4.57. The number of aryl methyl sites for hydroxylation is 1. The molecule has 0 spiro atoms. The number of amides is 2. The number of aromatic nitrogens is 2. The van der Waals surface area contributed by atoms with Gasteiger partial charge in [0.25, 0.3) is 5.91 Å². The van der Waals surface area contributed by atoms with E-state index in [0.717, 1.165) is 11.3 Å². The van der Waals surface area contributed by atoms with Crippen LogP contribution in [0.3, 0.4) is 0 Å². The molecule has 126 valence electrons. The summed E-state index contributed by atoms with van der Waals surface area (Å²) < 4.78 is 0. The molecule has 0 aliphatic rings. The Kier molecular flexibility index (Phi) is 6.24. The summed E-state index contributed by atoms with van der Waals surface area (Å²) >= 11 is 0. The number of nitrogens with zero attached hydrogens (tertiary/aromatic N) is 2. The van der Waals surface area contributed by atoms with Crippen molar-refractivity contribution in [2.75, 3.05) is 18.4 Å². The van der Waals surface area contributed by atoms with Gasteiger partial charge in [0.1, 0.15) is 5.82 Å². The van der Waals surface area contributed by atoms with Gasteiger partial charge < -0.3 is 16.0 Å². The molecule has 2 heterocycles. The van der Waals surface area contributed by atoms with Crippen LogP contribution in [0.4, 0.5) is 5.82 Å². The molecule has 7 nitrogen and oxygen atoms in total. The fraction of sp³-hybridized carbons (Fsp3) is 0.294. The number of nitrogens with one attached hydrogen (secondary N) is 3. The molecule has 0 radical (unpaired) electrons. The van der Waals surface area contributed by atoms with E-state index >= 15 is 0 Å². The van der Waals surface area contributed by atoms with E-state index < -0.39 is 0 Å². The Morgan fingerprint density at radius 2 is 1.92 bits per heavy atom. The minimum atomic E-state index is -0.235. The van der Waals surface area contributed by atoms with Crippen LogP contribution in [0.5, 0.6) is 0 Å². The maximum Gasteiger partial charge on any atom is 0.255 e. The average Bonchev–Trinajstić information content (AvgIpc) is 2.57. The molecule has 0 atom stereocenters. The fourth-order valence-corrected chi connectivity index (χ4v) is 2.07. The van der Waals surface area contributed by atoms with Gasteiger partial charge in [-0.2, -0.15) is 0 Å². The second-order valence-electron chi connectivity index (χ2n) is 5.30. The molecule has 0 aromatic carbocycles. The average molecular weight is 327 g/mol. The van der Waals surface area contributed by atoms with E-state index in [0.29, 0.717) is 31.0 Å². The first-order valence-corrected chi connectivity index (χ1v) is 7.69. The zero-order chi connectivity index (χ0) is 17.4. The van der Waals surface area contributed by atoms with Crippen LogP contribution in [0.2, 0.25) is 0 Å². The third-order valence-corrected chi connectivity index (χ3v) is 3.25. The molecule has 0 saturated carbocycles. The number of anilines is 1. The van der Waals surface area contributed by atoms with Crippen molar-refractivity contribution in [3.05, 3.63) is 53.5 Å². The van der Waals surface area contributed by atoms with Crippen molar-refractivity contribution in [3.63, 3.8) is 0 Å². The van der Waals surface area contributed by atoms with Crippen molar-refractivity contribution >= 4 is 17.6 Å². The van der Waals surface area contributed by atoms with E-state index in [4.69, 9.17) is 0 Å². The van der Waals surface area contributed by atoms with Gasteiger partial charge in [0, 0.05) is 44.6 Å². The fourth-order valence-electron chi connectivity index (χ4n) is 2.07. The minimum Gasteiger partial charge on any atom is -0.365 e. The van der Waals surface area contributed by atoms with Crippen LogP contribution in [-0.2, 0) is 11.3 Å². The highest BCUT2D eigenvalue weighted by Gasteiger charge is 2.12. The van der Waals surface area contributed by atoms with E-state index in [9.17, 15) is 9.59 Å². The second-order valence-corrected chi connectivity index (χ2v) is 5.30. The molecule has 24 heavy (non-hydrogen) atoms. The number of hydrogen-bond donors (Lipinski definition) is 3. The van der Waals surface area contributed by atoms with E-state index in [2.05, 4.69) is 25.9 Å². The van der Waals surface area contributed by atoms with Crippen LogP contribution in [0.25, 0.3) is 0 Å². The Balaban J connectivity index is 2.01. The second kappa shape index (κ2) is 8.61. The minimum absolute atomic E-state index is 0.125. The molecule has 0 unspecified atom stereocenters. The summed E-state index contributed by atoms with van der Waals surface area (Å²) in [5, 5.41) is 8.58. The van der Waals surface area contributed by atoms with Gasteiger partial charge in [-0.15, -0.1) is 0 Å². The first kappa shape index (κ1) is 17.4. The quantitative estimate of drug-likeness (QED) is 0.666. The Hall–Kier alpha value is -2.96. The molecule has 2 aromatic rings. The SMILES string of the molecule is CC(=O)NCCNC(=O)c1ccc(C)nc1NCc1cccnc1. The van der Waals surface area contributed by atoms with Crippen LogP contribution >= 0.6 is 0 Å². The monoisotopic (exact) mass is 327 g/mol. The molecule has 3 N–H and O–H groups in total. The zero-order valence-electron chi connectivity index (χ0n) is 13.8. The molecule has 0 saturated heterocycles. The van der Waals surface area contributed by atoms with Crippen molar-refractivity contribution in [2.45, 2.75) is 20.4 Å². The third kappa shape index (κ3) is 5.35. The van der Waals surface area contributed by atoms with Gasteiger partial charge in [-0.1, -0.05) is 6.07 Å². The molecule has 2 aromatic heterocycles. The van der Waals surface area contributed by atoms with Gasteiger partial charge in [-0.3, -0.25) is 14.6 Å². The summed E-state index contributed by atoms with van der Waals surface area (Å²) in [5.74, 6) is 0.164. The van der Waals surface area contributed by atoms with Crippen molar-refractivity contribution in [2.24, 2.45) is 0 Å². The molecule has 0 fully saturated rings. The smallest absolute Gasteiger partial charge is 0.255 e. The Morgan fingerprint density at radius 3 is 2.62 bits per heavy atom. The van der Waals surface area contributed by atoms with Crippen LogP contribution in [0.1, 0.15) is 28.5 Å². The normalized spacial score (nSPS) is 10.1. The molecule has 0 bridgehead atoms. The van der Waals surface area contributed by atoms with Crippen molar-refractivity contribution in [1.82, 2.24) is 20.6 Å². The van der Waals surface area contributed by atoms with Crippen molar-refractivity contribution in [3.8, 4) is 0 Å². The van der Waals surface area contributed by atoms with E-state index in [1.54, 1.807) is 24.5 Å². The topological polar surface area (TPSA) is 96.0 Å². The lowest BCUT2D eigenvalue weighted by molar-refractivity contribution is -0.118. The summed E-state index contributed by atoms with van der Waals surface area (Å²) in [5.41, 5.74) is 2.28. The van der Waals surface area contributed by atoms with E-state index in [1.165, 1.54) is 6.92 Å². The Bertz CT molecular complexity index is 703. The van der Waals surface area contributed by atoms with Gasteiger partial charge in [-0.25, -0.2) is 4.98 Å². The van der Waals surface area contributed by atoms with E-state index in [-0.39, 0.29) is 11.8 Å². The number of hydrogen-bond acceptors (Lipinski definition) is 5. The maximum absolute atomic E-state index is 12.3. The molecule has 2 rings (SSSR count). The van der Waals surface area contributed by atoms with E-state index in [1.807, 2.05) is 19.1 Å². The molecular weight excluding hydrogens is 306 g/mol. The number of pyridine rings is 2. The lowest BCUT2D eigenvalue weighted by atomic mass is 10.2. The predicted molar refractivity (Wildman–Crippen MR) is 91.6 cm³/mol. The van der Waals surface area contributed by atoms with Crippen LogP contribution in [0.15, 0.2) is 36.7 Å². The summed E-state index contributed by atoms with van der Waals surface area (Å²) in [6, 6.07) is 7.33. The Labute approximate surface area is 140 Å². The summed E-state index contributed by atoms with van der Waals surface area (Å²) in [6.07, 6.45) is 3.47. The number of rotatable bonds is 7. The lowest BCUT2D eigenvalue weighted by Gasteiger charge is -2.12. The van der Waals surface area contributed by atoms with Gasteiger partial charge in [-0.05, 0) is 30.7 Å². The molecule has 2 amide bonds. The largest absolute Gasteiger partial charge is 0.365 e. The zero-order valence-corrected chi connectivity index (χ0v) is 13.8. The van der Waals surface area contributed by atoms with Gasteiger partial charge in [0.15, 0.2) is 0 Å². The first-order valence-electron chi connectivity index (χ1n) is 7.69. The van der Waals surface area contributed by atoms with Crippen molar-refractivity contribution in [1.29, 1.82) is 0 Å². The first-order chi connectivity index (χ1) is 11.6. The van der Waals surface area contributed by atoms with Crippen LogP contribution < -0.4 is 16.0 Å². The predicted octanol–water partition coefficient (Wildman–Crippen LogP) is 1.26. The van der Waals surface area contributed by atoms with Gasteiger partial charge in [0.05, 0.1) is 5.56 Å².